The standard InChI is InChI=1S/C13H20N4O3S/c1-20-11-2-4-12(5-3-11)21(18,19)17-8-6-16(7-9-17)10-13(14)15/h2-5H,6-10H2,1H3,(H3,14,15). The highest BCUT2D eigenvalue weighted by molar-refractivity contribution is 7.89. The zero-order chi connectivity index (χ0) is 15.5. The lowest BCUT2D eigenvalue weighted by Gasteiger charge is -2.33. The van der Waals surface area contributed by atoms with Crippen LogP contribution in [0.5, 0.6) is 5.75 Å². The third-order valence-corrected chi connectivity index (χ3v) is 5.34. The van der Waals surface area contributed by atoms with Gasteiger partial charge in [0.1, 0.15) is 11.6 Å². The van der Waals surface area contributed by atoms with Gasteiger partial charge in [-0.3, -0.25) is 10.3 Å². The summed E-state index contributed by atoms with van der Waals surface area (Å²) in [6, 6.07) is 6.38. The van der Waals surface area contributed by atoms with Gasteiger partial charge in [-0.15, -0.1) is 0 Å². The lowest BCUT2D eigenvalue weighted by Crippen LogP contribution is -2.50. The second-order valence-corrected chi connectivity index (χ2v) is 6.82. The molecule has 3 N–H and O–H groups in total. The third-order valence-electron chi connectivity index (χ3n) is 3.42. The number of nitrogens with zero attached hydrogens (tertiary/aromatic N) is 2. The first-order valence-electron chi connectivity index (χ1n) is 6.63. The Balaban J connectivity index is 2.05. The average Bonchev–Trinajstić information content (AvgIpc) is 2.47. The predicted octanol–water partition coefficient (Wildman–Crippen LogP) is -0.0625. The number of amidine groups is 1. The quantitative estimate of drug-likeness (QED) is 0.586. The lowest BCUT2D eigenvalue weighted by molar-refractivity contribution is 0.209. The van der Waals surface area contributed by atoms with Crippen molar-refractivity contribution in [2.24, 2.45) is 5.73 Å². The van der Waals surface area contributed by atoms with Crippen molar-refractivity contribution in [3.05, 3.63) is 24.3 Å². The molecular weight excluding hydrogens is 292 g/mol. The molecule has 1 aromatic carbocycles. The van der Waals surface area contributed by atoms with Gasteiger partial charge in [-0.1, -0.05) is 0 Å². The lowest BCUT2D eigenvalue weighted by atomic mass is 10.3. The van der Waals surface area contributed by atoms with Crippen LogP contribution in [0.25, 0.3) is 0 Å². The molecule has 7 nitrogen and oxygen atoms in total. The van der Waals surface area contributed by atoms with E-state index in [1.807, 2.05) is 4.90 Å². The summed E-state index contributed by atoms with van der Waals surface area (Å²) in [6.45, 7) is 2.35. The Morgan fingerprint density at radius 1 is 1.24 bits per heavy atom. The van der Waals surface area contributed by atoms with E-state index in [2.05, 4.69) is 0 Å². The molecule has 8 heteroatoms. The monoisotopic (exact) mass is 312 g/mol. The Labute approximate surface area is 124 Å². The Hall–Kier alpha value is -1.64. The summed E-state index contributed by atoms with van der Waals surface area (Å²) in [4.78, 5) is 2.24. The van der Waals surface area contributed by atoms with Crippen LogP contribution in [0, 0.1) is 5.41 Å². The molecule has 0 unspecified atom stereocenters. The number of benzene rings is 1. The van der Waals surface area contributed by atoms with Gasteiger partial charge in [0, 0.05) is 26.2 Å². The molecule has 0 spiro atoms. The van der Waals surface area contributed by atoms with E-state index in [0.717, 1.165) is 0 Å². The topological polar surface area (TPSA) is 99.7 Å². The summed E-state index contributed by atoms with van der Waals surface area (Å²) in [6.07, 6.45) is 0. The molecule has 0 atom stereocenters. The molecule has 1 aliphatic rings. The molecule has 0 saturated carbocycles. The Morgan fingerprint density at radius 3 is 2.29 bits per heavy atom. The van der Waals surface area contributed by atoms with E-state index in [1.165, 1.54) is 11.4 Å². The van der Waals surface area contributed by atoms with E-state index in [-0.39, 0.29) is 10.7 Å². The average molecular weight is 312 g/mol. The third kappa shape index (κ3) is 3.72. The van der Waals surface area contributed by atoms with Gasteiger partial charge in [-0.25, -0.2) is 8.42 Å². The minimum atomic E-state index is -3.47. The van der Waals surface area contributed by atoms with Crippen molar-refractivity contribution in [1.82, 2.24) is 9.21 Å². The van der Waals surface area contributed by atoms with Crippen LogP contribution in [-0.2, 0) is 10.0 Å². The highest BCUT2D eigenvalue weighted by atomic mass is 32.2. The summed E-state index contributed by atoms with van der Waals surface area (Å²) >= 11 is 0. The number of sulfonamides is 1. The minimum Gasteiger partial charge on any atom is -0.497 e. The van der Waals surface area contributed by atoms with Gasteiger partial charge in [-0.2, -0.15) is 4.31 Å². The summed E-state index contributed by atoms with van der Waals surface area (Å²) in [5.74, 6) is 0.724. The summed E-state index contributed by atoms with van der Waals surface area (Å²) in [5, 5.41) is 7.27. The van der Waals surface area contributed by atoms with Crippen LogP contribution in [0.4, 0.5) is 0 Å². The van der Waals surface area contributed by atoms with E-state index in [0.29, 0.717) is 38.5 Å². The van der Waals surface area contributed by atoms with E-state index in [1.54, 1.807) is 24.3 Å². The molecule has 1 aliphatic heterocycles. The highest BCUT2D eigenvalue weighted by Crippen LogP contribution is 2.20. The first-order valence-corrected chi connectivity index (χ1v) is 8.07. The molecule has 2 rings (SSSR count). The molecule has 0 bridgehead atoms. The molecule has 1 fully saturated rings. The maximum absolute atomic E-state index is 12.5. The highest BCUT2D eigenvalue weighted by Gasteiger charge is 2.28. The molecule has 1 heterocycles. The van der Waals surface area contributed by atoms with Gasteiger partial charge < -0.3 is 10.5 Å². The molecule has 0 radical (unpaired) electrons. The first-order chi connectivity index (χ1) is 9.93. The van der Waals surface area contributed by atoms with E-state index in [9.17, 15) is 8.42 Å². The number of piperazine rings is 1. The molecule has 0 amide bonds. The predicted molar refractivity (Wildman–Crippen MR) is 80.1 cm³/mol. The van der Waals surface area contributed by atoms with E-state index < -0.39 is 10.0 Å². The van der Waals surface area contributed by atoms with Crippen LogP contribution < -0.4 is 10.5 Å². The summed E-state index contributed by atoms with van der Waals surface area (Å²) < 4.78 is 31.5. The van der Waals surface area contributed by atoms with Crippen LogP contribution in [0.3, 0.4) is 0 Å². The summed E-state index contributed by atoms with van der Waals surface area (Å²) in [5.41, 5.74) is 5.36. The normalized spacial score (nSPS) is 17.6. The molecular formula is C13H20N4O3S. The van der Waals surface area contributed by atoms with E-state index >= 15 is 0 Å². The van der Waals surface area contributed by atoms with Crippen molar-refractivity contribution in [1.29, 1.82) is 5.41 Å². The van der Waals surface area contributed by atoms with Crippen molar-refractivity contribution in [2.45, 2.75) is 4.90 Å². The SMILES string of the molecule is COc1ccc(S(=O)(=O)N2CCN(CC(=N)N)CC2)cc1. The second kappa shape index (κ2) is 6.42. The first kappa shape index (κ1) is 15.7. The fraction of sp³-hybridized carbons (Fsp3) is 0.462. The van der Waals surface area contributed by atoms with Gasteiger partial charge >= 0.3 is 0 Å². The number of nitrogens with one attached hydrogen (secondary N) is 1. The number of hydrogen-bond donors (Lipinski definition) is 2. The minimum absolute atomic E-state index is 0.0986. The van der Waals surface area contributed by atoms with Crippen molar-refractivity contribution < 1.29 is 13.2 Å². The zero-order valence-corrected chi connectivity index (χ0v) is 12.8. The van der Waals surface area contributed by atoms with Crippen molar-refractivity contribution in [2.75, 3.05) is 39.8 Å². The number of ether oxygens (including phenoxy) is 1. The van der Waals surface area contributed by atoms with Crippen LogP contribution >= 0.6 is 0 Å². The van der Waals surface area contributed by atoms with Crippen LogP contribution in [0.1, 0.15) is 0 Å². The van der Waals surface area contributed by atoms with Crippen LogP contribution in [0.15, 0.2) is 29.2 Å². The number of rotatable bonds is 5. The molecule has 116 valence electrons. The fourth-order valence-corrected chi connectivity index (χ4v) is 3.69. The Morgan fingerprint density at radius 2 is 1.81 bits per heavy atom. The number of nitrogens with two attached hydrogens (primary N) is 1. The smallest absolute Gasteiger partial charge is 0.243 e. The second-order valence-electron chi connectivity index (χ2n) is 4.88. The van der Waals surface area contributed by atoms with Gasteiger partial charge in [-0.05, 0) is 24.3 Å². The fourth-order valence-electron chi connectivity index (χ4n) is 2.27. The van der Waals surface area contributed by atoms with E-state index in [4.69, 9.17) is 15.9 Å². The van der Waals surface area contributed by atoms with Crippen LogP contribution in [0.2, 0.25) is 0 Å². The molecule has 0 aromatic heterocycles. The Bertz CT molecular complexity index is 592. The maximum Gasteiger partial charge on any atom is 0.243 e. The van der Waals surface area contributed by atoms with Gasteiger partial charge in [0.15, 0.2) is 0 Å². The van der Waals surface area contributed by atoms with Gasteiger partial charge in [0.25, 0.3) is 0 Å². The maximum atomic E-state index is 12.5. The zero-order valence-electron chi connectivity index (χ0n) is 11.9. The van der Waals surface area contributed by atoms with Crippen molar-refractivity contribution >= 4 is 15.9 Å². The van der Waals surface area contributed by atoms with Crippen molar-refractivity contribution in [3.63, 3.8) is 0 Å². The number of hydrogen-bond acceptors (Lipinski definition) is 5. The van der Waals surface area contributed by atoms with Crippen LogP contribution in [-0.4, -0.2) is 63.3 Å². The molecule has 1 saturated heterocycles. The summed E-state index contributed by atoms with van der Waals surface area (Å²) in [7, 11) is -1.93. The largest absolute Gasteiger partial charge is 0.497 e. The number of methoxy groups -OCH3 is 1. The molecule has 21 heavy (non-hydrogen) atoms. The molecule has 0 aliphatic carbocycles. The van der Waals surface area contributed by atoms with Gasteiger partial charge in [0.05, 0.1) is 18.6 Å². The van der Waals surface area contributed by atoms with Crippen molar-refractivity contribution in [3.8, 4) is 5.75 Å². The molecule has 1 aromatic rings. The van der Waals surface area contributed by atoms with Gasteiger partial charge in [0.2, 0.25) is 10.0 Å². The Kier molecular flexibility index (Phi) is 4.81.